The van der Waals surface area contributed by atoms with Crippen molar-refractivity contribution in [2.24, 2.45) is 0 Å². The minimum atomic E-state index is -1.32. The summed E-state index contributed by atoms with van der Waals surface area (Å²) in [6.07, 6.45) is 3.72. The van der Waals surface area contributed by atoms with Crippen LogP contribution in [0.5, 0.6) is 0 Å². The smallest absolute Gasteiger partial charge is 0.241 e. The van der Waals surface area contributed by atoms with Gasteiger partial charge < -0.3 is 4.43 Å². The molecule has 1 aliphatic rings. The van der Waals surface area contributed by atoms with E-state index in [-0.39, 0.29) is 0 Å². The highest BCUT2D eigenvalue weighted by atomic mass is 28.4. The summed E-state index contributed by atoms with van der Waals surface area (Å²) in [4.78, 5) is 0. The van der Waals surface area contributed by atoms with Gasteiger partial charge in [0.05, 0.1) is 5.76 Å². The van der Waals surface area contributed by atoms with Gasteiger partial charge in [-0.1, -0.05) is 0 Å². The summed E-state index contributed by atoms with van der Waals surface area (Å²) in [7, 11) is -1.32. The Labute approximate surface area is 70.6 Å². The van der Waals surface area contributed by atoms with E-state index < -0.39 is 8.32 Å². The predicted octanol–water partition coefficient (Wildman–Crippen LogP) is 3.30. The quantitative estimate of drug-likeness (QED) is 0.578. The minimum Gasteiger partial charge on any atom is -0.547 e. The second-order valence-corrected chi connectivity index (χ2v) is 8.70. The fourth-order valence-corrected chi connectivity index (χ4v) is 2.39. The van der Waals surface area contributed by atoms with E-state index in [0.717, 1.165) is 0 Å². The Morgan fingerprint density at radius 2 is 1.82 bits per heavy atom. The van der Waals surface area contributed by atoms with Crippen LogP contribution in [-0.4, -0.2) is 8.32 Å². The fourth-order valence-electron chi connectivity index (χ4n) is 1.37. The van der Waals surface area contributed by atoms with Crippen LogP contribution in [0.4, 0.5) is 0 Å². The molecule has 1 nitrogen and oxygen atoms in total. The Morgan fingerprint density at radius 1 is 1.18 bits per heavy atom. The Morgan fingerprint density at radius 3 is 2.18 bits per heavy atom. The van der Waals surface area contributed by atoms with Gasteiger partial charge in [0.2, 0.25) is 8.32 Å². The second-order valence-electron chi connectivity index (χ2n) is 4.27. The van der Waals surface area contributed by atoms with Crippen LogP contribution in [-0.2, 0) is 4.43 Å². The molecule has 0 aromatic rings. The SMILES string of the molecule is CC1=C(O[Si](C)(C)C)CCC1. The van der Waals surface area contributed by atoms with Gasteiger partial charge in [0.1, 0.15) is 0 Å². The molecular formula is C9H18OSi. The molecule has 0 heterocycles. The largest absolute Gasteiger partial charge is 0.547 e. The fraction of sp³-hybridized carbons (Fsp3) is 0.778. The van der Waals surface area contributed by atoms with Crippen molar-refractivity contribution in [2.45, 2.75) is 45.8 Å². The molecule has 0 amide bonds. The lowest BCUT2D eigenvalue weighted by Crippen LogP contribution is -2.24. The van der Waals surface area contributed by atoms with Gasteiger partial charge >= 0.3 is 0 Å². The van der Waals surface area contributed by atoms with Crippen molar-refractivity contribution in [2.75, 3.05) is 0 Å². The van der Waals surface area contributed by atoms with Crippen LogP contribution in [0.2, 0.25) is 19.6 Å². The molecule has 0 N–H and O–H groups in total. The Balaban J connectivity index is 2.56. The van der Waals surface area contributed by atoms with Crippen molar-refractivity contribution in [1.29, 1.82) is 0 Å². The molecule has 0 spiro atoms. The van der Waals surface area contributed by atoms with E-state index in [0.29, 0.717) is 0 Å². The average molecular weight is 170 g/mol. The molecule has 1 rings (SSSR count). The van der Waals surface area contributed by atoms with Gasteiger partial charge in [-0.15, -0.1) is 0 Å². The van der Waals surface area contributed by atoms with Crippen LogP contribution in [0.25, 0.3) is 0 Å². The van der Waals surface area contributed by atoms with E-state index in [4.69, 9.17) is 4.43 Å². The maximum Gasteiger partial charge on any atom is 0.241 e. The first-order valence-electron chi connectivity index (χ1n) is 4.37. The standard InChI is InChI=1S/C9H18OSi/c1-8-6-5-7-9(8)10-11(2,3)4/h5-7H2,1-4H3. The van der Waals surface area contributed by atoms with Crippen LogP contribution in [0, 0.1) is 0 Å². The lowest BCUT2D eigenvalue weighted by molar-refractivity contribution is 0.404. The molecule has 0 radical (unpaired) electrons. The Kier molecular flexibility index (Phi) is 2.42. The van der Waals surface area contributed by atoms with E-state index in [9.17, 15) is 0 Å². The van der Waals surface area contributed by atoms with Gasteiger partial charge in [0.15, 0.2) is 0 Å². The lowest BCUT2D eigenvalue weighted by atomic mass is 10.3. The van der Waals surface area contributed by atoms with Gasteiger partial charge in [-0.3, -0.25) is 0 Å². The average Bonchev–Trinajstić information content (AvgIpc) is 2.12. The molecule has 0 aliphatic heterocycles. The van der Waals surface area contributed by atoms with Crippen LogP contribution in [0.15, 0.2) is 11.3 Å². The van der Waals surface area contributed by atoms with Crippen LogP contribution in [0.1, 0.15) is 26.2 Å². The van der Waals surface area contributed by atoms with Crippen molar-refractivity contribution in [3.05, 3.63) is 11.3 Å². The maximum absolute atomic E-state index is 5.93. The normalized spacial score (nSPS) is 19.3. The Bertz CT molecular complexity index is 176. The van der Waals surface area contributed by atoms with Crippen molar-refractivity contribution < 1.29 is 4.43 Å². The molecule has 2 heteroatoms. The molecule has 0 aromatic heterocycles. The molecule has 1 aliphatic carbocycles. The third-order valence-electron chi connectivity index (χ3n) is 1.86. The lowest BCUT2D eigenvalue weighted by Gasteiger charge is -2.20. The second kappa shape index (κ2) is 3.01. The van der Waals surface area contributed by atoms with Crippen molar-refractivity contribution >= 4 is 8.32 Å². The number of hydrogen-bond acceptors (Lipinski definition) is 1. The molecule has 0 unspecified atom stereocenters. The summed E-state index contributed by atoms with van der Waals surface area (Å²) in [5.74, 6) is 1.30. The zero-order chi connectivity index (χ0) is 8.48. The van der Waals surface area contributed by atoms with Crippen molar-refractivity contribution in [1.82, 2.24) is 0 Å². The molecule has 11 heavy (non-hydrogen) atoms. The number of allylic oxidation sites excluding steroid dienone is 2. The highest BCUT2D eigenvalue weighted by molar-refractivity contribution is 6.70. The van der Waals surface area contributed by atoms with Crippen molar-refractivity contribution in [3.63, 3.8) is 0 Å². The van der Waals surface area contributed by atoms with Crippen molar-refractivity contribution in [3.8, 4) is 0 Å². The topological polar surface area (TPSA) is 9.23 Å². The molecule has 0 saturated heterocycles. The molecule has 64 valence electrons. The first-order valence-corrected chi connectivity index (χ1v) is 7.77. The molecule has 0 atom stereocenters. The van der Waals surface area contributed by atoms with Gasteiger partial charge in [-0.25, -0.2) is 0 Å². The molecule has 0 aromatic carbocycles. The minimum absolute atomic E-state index is 1.18. The third-order valence-corrected chi connectivity index (χ3v) is 2.72. The monoisotopic (exact) mass is 170 g/mol. The highest BCUT2D eigenvalue weighted by Gasteiger charge is 2.21. The third kappa shape index (κ3) is 2.70. The zero-order valence-electron chi connectivity index (χ0n) is 8.03. The van der Waals surface area contributed by atoms with Gasteiger partial charge in [-0.2, -0.15) is 0 Å². The molecular weight excluding hydrogens is 152 g/mol. The Hall–Kier alpha value is -0.243. The summed E-state index contributed by atoms with van der Waals surface area (Å²) in [6.45, 7) is 8.92. The summed E-state index contributed by atoms with van der Waals surface area (Å²) >= 11 is 0. The number of rotatable bonds is 2. The van der Waals surface area contributed by atoms with Crippen LogP contribution in [0.3, 0.4) is 0 Å². The maximum atomic E-state index is 5.93. The summed E-state index contributed by atoms with van der Waals surface area (Å²) in [5.41, 5.74) is 1.48. The summed E-state index contributed by atoms with van der Waals surface area (Å²) < 4.78 is 5.93. The van der Waals surface area contributed by atoms with Gasteiger partial charge in [0, 0.05) is 6.42 Å². The molecule has 0 saturated carbocycles. The predicted molar refractivity (Wildman–Crippen MR) is 51.0 cm³/mol. The van der Waals surface area contributed by atoms with Gasteiger partial charge in [-0.05, 0) is 45.0 Å². The van der Waals surface area contributed by atoms with E-state index in [1.165, 1.54) is 30.6 Å². The van der Waals surface area contributed by atoms with Gasteiger partial charge in [0.25, 0.3) is 0 Å². The first kappa shape index (κ1) is 8.85. The van der Waals surface area contributed by atoms with Crippen LogP contribution < -0.4 is 0 Å². The molecule has 0 bridgehead atoms. The zero-order valence-corrected chi connectivity index (χ0v) is 9.03. The van der Waals surface area contributed by atoms with E-state index in [1.807, 2.05) is 0 Å². The summed E-state index contributed by atoms with van der Waals surface area (Å²) in [6, 6.07) is 0. The van der Waals surface area contributed by atoms with E-state index >= 15 is 0 Å². The number of hydrogen-bond donors (Lipinski definition) is 0. The van der Waals surface area contributed by atoms with E-state index in [1.54, 1.807) is 0 Å². The first-order chi connectivity index (χ1) is 4.99. The van der Waals surface area contributed by atoms with Crippen LogP contribution >= 0.6 is 0 Å². The highest BCUT2D eigenvalue weighted by Crippen LogP contribution is 2.28. The molecule has 0 fully saturated rings. The van der Waals surface area contributed by atoms with E-state index in [2.05, 4.69) is 26.6 Å². The summed E-state index contributed by atoms with van der Waals surface area (Å²) in [5, 5.41) is 0.